The second-order valence-electron chi connectivity index (χ2n) is 12.2. The number of allylic oxidation sites excluding steroid dienone is 3. The molecule has 8 heteroatoms. The number of primary amides is 1. The number of carbonyl (C=O) groups excluding carboxylic acids is 1. The Morgan fingerprint density at radius 2 is 1.76 bits per heavy atom. The van der Waals surface area contributed by atoms with Crippen LogP contribution in [0.25, 0.3) is 0 Å². The molecule has 0 aromatic carbocycles. The minimum atomic E-state index is -0.795. The van der Waals surface area contributed by atoms with Gasteiger partial charge in [0, 0.05) is 20.2 Å². The number of nitrogens with zero attached hydrogens (tertiary/aromatic N) is 1. The van der Waals surface area contributed by atoms with Crippen molar-refractivity contribution in [2.24, 2.45) is 28.9 Å². The largest absolute Gasteiger partial charge is 0.481 e. The molecule has 4 aliphatic rings. The molecular weight excluding hydrogens is 484 g/mol. The number of hydrogen-bond acceptors (Lipinski definition) is 5. The van der Waals surface area contributed by atoms with E-state index in [0.29, 0.717) is 31.1 Å². The summed E-state index contributed by atoms with van der Waals surface area (Å²) in [7, 11) is 1.63. The summed E-state index contributed by atoms with van der Waals surface area (Å²) in [5.41, 5.74) is 7.86. The van der Waals surface area contributed by atoms with E-state index in [-0.39, 0.29) is 29.9 Å². The van der Waals surface area contributed by atoms with Gasteiger partial charge in [-0.2, -0.15) is 0 Å². The van der Waals surface area contributed by atoms with Gasteiger partial charge in [-0.15, -0.1) is 0 Å². The fraction of sp³-hybridized carbons (Fsp3) is 0.800. The molecule has 0 spiro atoms. The third-order valence-corrected chi connectivity index (χ3v) is 9.68. The lowest BCUT2D eigenvalue weighted by Crippen LogP contribution is -2.40. The van der Waals surface area contributed by atoms with Gasteiger partial charge < -0.3 is 30.7 Å². The molecule has 1 saturated heterocycles. The van der Waals surface area contributed by atoms with E-state index >= 15 is 0 Å². The van der Waals surface area contributed by atoms with E-state index in [1.165, 1.54) is 18.4 Å². The number of aliphatic hydroxyl groups is 2. The number of urea groups is 1. The van der Waals surface area contributed by atoms with Gasteiger partial charge in [0.2, 0.25) is 0 Å². The zero-order valence-electron chi connectivity index (χ0n) is 23.6. The van der Waals surface area contributed by atoms with Crippen LogP contribution >= 0.6 is 0 Å². The van der Waals surface area contributed by atoms with E-state index in [1.54, 1.807) is 12.0 Å². The zero-order valence-corrected chi connectivity index (χ0v) is 23.6. The van der Waals surface area contributed by atoms with Crippen LogP contribution in [0.5, 0.6) is 0 Å². The molecule has 0 radical (unpaired) electrons. The molecule has 1 aliphatic heterocycles. The molecule has 5 N–H and O–H groups in total. The Kier molecular flexibility index (Phi) is 11.2. The van der Waals surface area contributed by atoms with Crippen molar-refractivity contribution in [1.82, 2.24) is 4.90 Å². The number of nitrogens with two attached hydrogens (primary N) is 1. The molecule has 0 aromatic heterocycles. The summed E-state index contributed by atoms with van der Waals surface area (Å²) in [5.74, 6) is 0.413. The number of methoxy groups -OCH3 is 1. The molecule has 4 rings (SSSR count). The molecular formula is C30H50N2O6. The Hall–Kier alpha value is -1.90. The quantitative estimate of drug-likeness (QED) is 0.392. The van der Waals surface area contributed by atoms with E-state index in [2.05, 4.69) is 26.0 Å². The molecule has 3 saturated carbocycles. The summed E-state index contributed by atoms with van der Waals surface area (Å²) in [6.07, 6.45) is 14.3. The Balaban J connectivity index is 0.000000375. The van der Waals surface area contributed by atoms with Gasteiger partial charge in [0.1, 0.15) is 0 Å². The number of aliphatic hydroxyl groups excluding tert-OH is 2. The SMILES string of the molecule is COC(CC(=O)O)[C@@H](C)[C@H]1CC[C@H]2C(=CC=C3C[C@@H](O)C[C@H](O)C3)CCC[C@]12C.NC(=O)N1CCCCC1. The lowest BCUT2D eigenvalue weighted by Gasteiger charge is -2.45. The number of piperidine rings is 1. The minimum absolute atomic E-state index is 0.0638. The second-order valence-corrected chi connectivity index (χ2v) is 12.2. The van der Waals surface area contributed by atoms with E-state index in [0.717, 1.165) is 57.2 Å². The Bertz CT molecular complexity index is 855. The minimum Gasteiger partial charge on any atom is -0.481 e. The molecule has 2 amide bonds. The van der Waals surface area contributed by atoms with Crippen LogP contribution in [-0.4, -0.2) is 70.7 Å². The first-order valence-electron chi connectivity index (χ1n) is 14.6. The third kappa shape index (κ3) is 7.82. The van der Waals surface area contributed by atoms with Crippen molar-refractivity contribution in [3.05, 3.63) is 23.3 Å². The Morgan fingerprint density at radius 1 is 1.11 bits per heavy atom. The van der Waals surface area contributed by atoms with Crippen molar-refractivity contribution in [1.29, 1.82) is 0 Å². The number of rotatable bonds is 6. The fourth-order valence-electron chi connectivity index (χ4n) is 7.70. The van der Waals surface area contributed by atoms with Gasteiger partial charge in [0.15, 0.2) is 0 Å². The average molecular weight is 535 g/mol. The third-order valence-electron chi connectivity index (χ3n) is 9.68. The number of likely N-dealkylation sites (tertiary alicyclic amines) is 1. The summed E-state index contributed by atoms with van der Waals surface area (Å²) in [6, 6.07) is -0.269. The highest BCUT2D eigenvalue weighted by Gasteiger charge is 2.52. The van der Waals surface area contributed by atoms with Gasteiger partial charge >= 0.3 is 12.0 Å². The molecule has 0 aromatic rings. The lowest BCUT2D eigenvalue weighted by molar-refractivity contribution is -0.141. The molecule has 216 valence electrons. The number of aliphatic carboxylic acids is 1. The predicted octanol–water partition coefficient (Wildman–Crippen LogP) is 4.64. The molecule has 1 heterocycles. The molecule has 0 bridgehead atoms. The van der Waals surface area contributed by atoms with Crippen molar-refractivity contribution in [2.75, 3.05) is 20.2 Å². The van der Waals surface area contributed by atoms with Crippen LogP contribution in [0.3, 0.4) is 0 Å². The first kappa shape index (κ1) is 30.6. The van der Waals surface area contributed by atoms with Gasteiger partial charge in [-0.05, 0) is 93.8 Å². The van der Waals surface area contributed by atoms with Gasteiger partial charge in [0.05, 0.1) is 24.7 Å². The van der Waals surface area contributed by atoms with E-state index in [1.807, 2.05) is 0 Å². The van der Waals surface area contributed by atoms with Gasteiger partial charge in [-0.3, -0.25) is 4.79 Å². The number of carboxylic acid groups (broad SMARTS) is 1. The summed E-state index contributed by atoms with van der Waals surface area (Å²) in [6.45, 7) is 6.28. The van der Waals surface area contributed by atoms with Crippen molar-refractivity contribution >= 4 is 12.0 Å². The number of ether oxygens (including phenoxy) is 1. The molecule has 7 atom stereocenters. The summed E-state index contributed by atoms with van der Waals surface area (Å²) in [4.78, 5) is 23.5. The highest BCUT2D eigenvalue weighted by molar-refractivity contribution is 5.72. The van der Waals surface area contributed by atoms with E-state index < -0.39 is 18.2 Å². The number of carbonyl (C=O) groups is 2. The normalized spacial score (nSPS) is 34.1. The molecule has 8 nitrogen and oxygen atoms in total. The second kappa shape index (κ2) is 13.9. The van der Waals surface area contributed by atoms with E-state index in [9.17, 15) is 24.9 Å². The lowest BCUT2D eigenvalue weighted by atomic mass is 9.60. The highest BCUT2D eigenvalue weighted by atomic mass is 16.5. The average Bonchev–Trinajstić information content (AvgIpc) is 3.23. The summed E-state index contributed by atoms with van der Waals surface area (Å²) >= 11 is 0. The zero-order chi connectivity index (χ0) is 27.9. The maximum Gasteiger partial charge on any atom is 0.314 e. The van der Waals surface area contributed by atoms with Gasteiger partial charge in [0.25, 0.3) is 0 Å². The Morgan fingerprint density at radius 3 is 2.32 bits per heavy atom. The van der Waals surface area contributed by atoms with Crippen LogP contribution in [0.2, 0.25) is 0 Å². The number of amides is 2. The van der Waals surface area contributed by atoms with Crippen molar-refractivity contribution in [2.45, 2.75) is 109 Å². The van der Waals surface area contributed by atoms with Crippen LogP contribution in [-0.2, 0) is 9.53 Å². The first-order valence-corrected chi connectivity index (χ1v) is 14.6. The van der Waals surface area contributed by atoms with Crippen LogP contribution in [0.1, 0.15) is 90.9 Å². The van der Waals surface area contributed by atoms with Gasteiger partial charge in [-0.1, -0.05) is 37.1 Å². The summed E-state index contributed by atoms with van der Waals surface area (Å²) in [5, 5.41) is 29.1. The predicted molar refractivity (Wildman–Crippen MR) is 147 cm³/mol. The van der Waals surface area contributed by atoms with Crippen LogP contribution in [0, 0.1) is 23.2 Å². The molecule has 38 heavy (non-hydrogen) atoms. The first-order chi connectivity index (χ1) is 18.0. The molecule has 4 fully saturated rings. The molecule has 1 unspecified atom stereocenters. The van der Waals surface area contributed by atoms with Gasteiger partial charge in [-0.25, -0.2) is 4.79 Å². The van der Waals surface area contributed by atoms with Crippen LogP contribution in [0.15, 0.2) is 23.3 Å². The maximum absolute atomic E-state index is 11.3. The smallest absolute Gasteiger partial charge is 0.314 e. The standard InChI is InChI=1S/C24H38O5.C6H12N2O/c1-15(22(29-3)14-23(27)28)20-8-9-21-17(5-4-10-24(20,21)2)7-6-16-11-18(25)13-19(26)12-16;7-6(9)8-4-2-1-3-5-8/h6-7,15,18-22,25-26H,4-5,8-14H2,1-3H3,(H,27,28);1-5H2,(H2,7,9)/t15-,18+,19+,20+,21-,22?,24+;/m0./s1. The summed E-state index contributed by atoms with van der Waals surface area (Å²) < 4.78 is 5.58. The van der Waals surface area contributed by atoms with Crippen molar-refractivity contribution in [3.8, 4) is 0 Å². The molecule has 3 aliphatic carbocycles. The topological polar surface area (TPSA) is 133 Å². The fourth-order valence-corrected chi connectivity index (χ4v) is 7.70. The van der Waals surface area contributed by atoms with Crippen molar-refractivity contribution in [3.63, 3.8) is 0 Å². The number of carboxylic acids is 1. The number of fused-ring (bicyclic) bond motifs is 1. The number of hydrogen-bond donors (Lipinski definition) is 4. The maximum atomic E-state index is 11.3. The van der Waals surface area contributed by atoms with Crippen LogP contribution in [0.4, 0.5) is 4.79 Å². The van der Waals surface area contributed by atoms with Crippen molar-refractivity contribution < 1.29 is 29.6 Å². The van der Waals surface area contributed by atoms with E-state index in [4.69, 9.17) is 10.5 Å². The monoisotopic (exact) mass is 534 g/mol. The Labute approximate surface area is 228 Å². The van der Waals surface area contributed by atoms with Crippen LogP contribution < -0.4 is 5.73 Å². The highest BCUT2D eigenvalue weighted by Crippen LogP contribution is 2.60.